The molecule has 1 atom stereocenters. The van der Waals surface area contributed by atoms with Gasteiger partial charge in [-0.1, -0.05) is 40.2 Å². The minimum Gasteiger partial charge on any atom is -0.378 e. The highest BCUT2D eigenvalue weighted by atomic mass is 79.9. The number of thiocarbonyl (C=S) groups is 1. The largest absolute Gasteiger partial charge is 0.378 e. The summed E-state index contributed by atoms with van der Waals surface area (Å²) >= 11 is 8.96. The Morgan fingerprint density at radius 1 is 1.16 bits per heavy atom. The topological polar surface area (TPSA) is 30.9 Å². The lowest BCUT2D eigenvalue weighted by Gasteiger charge is -2.24. The molecule has 2 aromatic carbocycles. The van der Waals surface area contributed by atoms with Crippen LogP contribution in [0.2, 0.25) is 0 Å². The average molecular weight is 417 g/mol. The molecule has 0 fully saturated rings. The first-order chi connectivity index (χ1) is 12.0. The standard InChI is InChI=1S/C19H21BrN4S/c1-21-19(25)24-18(14-6-10-16(11-7-14)23(2)3)12-17(22-24)13-4-8-15(20)9-5-13/h4-11,18H,12H2,1-3H3,(H,21,25)/t18-/m0/s1. The van der Waals surface area contributed by atoms with Crippen LogP contribution >= 0.6 is 28.1 Å². The van der Waals surface area contributed by atoms with Crippen molar-refractivity contribution in [2.45, 2.75) is 12.5 Å². The van der Waals surface area contributed by atoms with Crippen LogP contribution in [-0.4, -0.2) is 37.0 Å². The maximum absolute atomic E-state index is 5.48. The van der Waals surface area contributed by atoms with Crippen molar-refractivity contribution in [2.75, 3.05) is 26.0 Å². The first kappa shape index (κ1) is 17.9. The molecule has 3 rings (SSSR count). The van der Waals surface area contributed by atoms with Gasteiger partial charge in [-0.3, -0.25) is 0 Å². The van der Waals surface area contributed by atoms with Gasteiger partial charge in [-0.2, -0.15) is 5.10 Å². The number of rotatable bonds is 3. The molecule has 0 bridgehead atoms. The summed E-state index contributed by atoms with van der Waals surface area (Å²) in [7, 11) is 5.92. The van der Waals surface area contributed by atoms with Crippen molar-refractivity contribution in [1.82, 2.24) is 10.3 Å². The maximum Gasteiger partial charge on any atom is 0.189 e. The van der Waals surface area contributed by atoms with E-state index in [2.05, 4.69) is 62.5 Å². The monoisotopic (exact) mass is 416 g/mol. The summed E-state index contributed by atoms with van der Waals surface area (Å²) in [4.78, 5) is 2.10. The Bertz CT molecular complexity index is 784. The van der Waals surface area contributed by atoms with Crippen molar-refractivity contribution >= 4 is 44.7 Å². The lowest BCUT2D eigenvalue weighted by atomic mass is 9.98. The van der Waals surface area contributed by atoms with Crippen LogP contribution in [0.15, 0.2) is 58.1 Å². The molecule has 0 amide bonds. The van der Waals surface area contributed by atoms with Crippen LogP contribution < -0.4 is 10.2 Å². The molecular weight excluding hydrogens is 396 g/mol. The Morgan fingerprint density at radius 3 is 2.36 bits per heavy atom. The second kappa shape index (κ2) is 7.54. The Labute approximate surface area is 162 Å². The lowest BCUT2D eigenvalue weighted by molar-refractivity contribution is 0.367. The van der Waals surface area contributed by atoms with E-state index in [1.54, 1.807) is 0 Å². The van der Waals surface area contributed by atoms with Gasteiger partial charge in [-0.05, 0) is 47.6 Å². The van der Waals surface area contributed by atoms with Crippen molar-refractivity contribution in [3.05, 3.63) is 64.1 Å². The van der Waals surface area contributed by atoms with E-state index in [1.165, 1.54) is 11.3 Å². The smallest absolute Gasteiger partial charge is 0.189 e. The number of hydrazone groups is 1. The Balaban J connectivity index is 1.91. The van der Waals surface area contributed by atoms with Gasteiger partial charge in [-0.15, -0.1) is 0 Å². The molecule has 0 spiro atoms. The highest BCUT2D eigenvalue weighted by Gasteiger charge is 2.31. The molecule has 1 heterocycles. The molecule has 1 aliphatic heterocycles. The molecule has 0 radical (unpaired) electrons. The molecule has 0 saturated carbocycles. The molecule has 1 aliphatic rings. The predicted octanol–water partition coefficient (Wildman–Crippen LogP) is 4.17. The van der Waals surface area contributed by atoms with Crippen LogP contribution in [0.5, 0.6) is 0 Å². The third-order valence-electron chi connectivity index (χ3n) is 4.30. The van der Waals surface area contributed by atoms with Crippen molar-refractivity contribution in [3.8, 4) is 0 Å². The quantitative estimate of drug-likeness (QED) is 0.760. The van der Waals surface area contributed by atoms with Crippen LogP contribution in [-0.2, 0) is 0 Å². The Kier molecular flexibility index (Phi) is 5.39. The first-order valence-electron chi connectivity index (χ1n) is 8.11. The third kappa shape index (κ3) is 3.85. The van der Waals surface area contributed by atoms with E-state index >= 15 is 0 Å². The van der Waals surface area contributed by atoms with Gasteiger partial charge in [0.05, 0.1) is 11.8 Å². The SMILES string of the molecule is CNC(=S)N1N=C(c2ccc(Br)cc2)C[C@H]1c1ccc(N(C)C)cc1. The molecule has 0 aliphatic carbocycles. The molecule has 2 aromatic rings. The van der Waals surface area contributed by atoms with Crippen LogP contribution in [0.1, 0.15) is 23.6 Å². The molecule has 0 unspecified atom stereocenters. The normalized spacial score (nSPS) is 16.6. The fourth-order valence-corrected chi connectivity index (χ4v) is 3.32. The van der Waals surface area contributed by atoms with Gasteiger partial charge in [0.1, 0.15) is 0 Å². The summed E-state index contributed by atoms with van der Waals surface area (Å²) in [5.74, 6) is 0. The highest BCUT2D eigenvalue weighted by Crippen LogP contribution is 2.33. The summed E-state index contributed by atoms with van der Waals surface area (Å²) < 4.78 is 1.06. The van der Waals surface area contributed by atoms with E-state index in [9.17, 15) is 0 Å². The van der Waals surface area contributed by atoms with Crippen LogP contribution in [0.4, 0.5) is 5.69 Å². The minimum atomic E-state index is 0.106. The zero-order valence-corrected chi connectivity index (χ0v) is 16.9. The van der Waals surface area contributed by atoms with Crippen molar-refractivity contribution in [2.24, 2.45) is 5.10 Å². The second-order valence-electron chi connectivity index (χ2n) is 6.16. The van der Waals surface area contributed by atoms with E-state index in [0.717, 1.165) is 22.2 Å². The minimum absolute atomic E-state index is 0.106. The zero-order chi connectivity index (χ0) is 18.0. The summed E-state index contributed by atoms with van der Waals surface area (Å²) in [6, 6.07) is 16.9. The number of halogens is 1. The van der Waals surface area contributed by atoms with E-state index in [-0.39, 0.29) is 6.04 Å². The molecule has 6 heteroatoms. The van der Waals surface area contributed by atoms with Gasteiger partial charge in [-0.25, -0.2) is 5.01 Å². The number of hydrogen-bond donors (Lipinski definition) is 1. The maximum atomic E-state index is 5.48. The second-order valence-corrected chi connectivity index (χ2v) is 7.46. The number of anilines is 1. The number of nitrogens with zero attached hydrogens (tertiary/aromatic N) is 3. The van der Waals surface area contributed by atoms with Crippen LogP contribution in [0, 0.1) is 0 Å². The van der Waals surface area contributed by atoms with Crippen LogP contribution in [0.25, 0.3) is 0 Å². The Hall–Kier alpha value is -1.92. The van der Waals surface area contributed by atoms with Gasteiger partial charge in [0, 0.05) is 37.7 Å². The molecular formula is C19H21BrN4S. The van der Waals surface area contributed by atoms with E-state index < -0.39 is 0 Å². The number of hydrogen-bond acceptors (Lipinski definition) is 3. The van der Waals surface area contributed by atoms with Crippen LogP contribution in [0.3, 0.4) is 0 Å². The molecule has 130 valence electrons. The van der Waals surface area contributed by atoms with Gasteiger partial charge >= 0.3 is 0 Å². The molecule has 0 saturated heterocycles. The van der Waals surface area contributed by atoms with Crippen molar-refractivity contribution in [1.29, 1.82) is 0 Å². The molecule has 25 heavy (non-hydrogen) atoms. The zero-order valence-electron chi connectivity index (χ0n) is 14.5. The predicted molar refractivity (Wildman–Crippen MR) is 112 cm³/mol. The van der Waals surface area contributed by atoms with E-state index in [0.29, 0.717) is 5.11 Å². The molecule has 1 N–H and O–H groups in total. The van der Waals surface area contributed by atoms with Gasteiger partial charge in [0.25, 0.3) is 0 Å². The van der Waals surface area contributed by atoms with Gasteiger partial charge < -0.3 is 10.2 Å². The fourth-order valence-electron chi connectivity index (χ4n) is 2.88. The number of benzene rings is 2. The average Bonchev–Trinajstić information content (AvgIpc) is 3.07. The van der Waals surface area contributed by atoms with Crippen molar-refractivity contribution in [3.63, 3.8) is 0 Å². The lowest BCUT2D eigenvalue weighted by Crippen LogP contribution is -2.34. The van der Waals surface area contributed by atoms with Gasteiger partial charge in [0.15, 0.2) is 5.11 Å². The van der Waals surface area contributed by atoms with E-state index in [1.807, 2.05) is 38.3 Å². The summed E-state index contributed by atoms with van der Waals surface area (Å²) in [6.45, 7) is 0. The summed E-state index contributed by atoms with van der Waals surface area (Å²) in [5, 5.41) is 10.4. The molecule has 4 nitrogen and oxygen atoms in total. The number of nitrogens with one attached hydrogen (secondary N) is 1. The Morgan fingerprint density at radius 2 is 1.80 bits per heavy atom. The third-order valence-corrected chi connectivity index (χ3v) is 5.22. The van der Waals surface area contributed by atoms with Crippen molar-refractivity contribution < 1.29 is 0 Å². The summed E-state index contributed by atoms with van der Waals surface area (Å²) in [5.41, 5.74) is 4.56. The summed E-state index contributed by atoms with van der Waals surface area (Å²) in [6.07, 6.45) is 0.824. The molecule has 0 aromatic heterocycles. The first-order valence-corrected chi connectivity index (χ1v) is 9.31. The van der Waals surface area contributed by atoms with Gasteiger partial charge in [0.2, 0.25) is 0 Å². The van der Waals surface area contributed by atoms with E-state index in [4.69, 9.17) is 17.3 Å². The fraction of sp³-hybridized carbons (Fsp3) is 0.263. The highest BCUT2D eigenvalue weighted by molar-refractivity contribution is 9.10.